The van der Waals surface area contributed by atoms with Crippen molar-refractivity contribution in [2.45, 2.75) is 20.8 Å². The molecule has 0 N–H and O–H groups in total. The van der Waals surface area contributed by atoms with Crippen molar-refractivity contribution in [3.63, 3.8) is 0 Å². The summed E-state index contributed by atoms with van der Waals surface area (Å²) in [7, 11) is 0. The lowest BCUT2D eigenvalue weighted by atomic mass is 10.0. The van der Waals surface area contributed by atoms with Gasteiger partial charge in [-0.1, -0.05) is 12.1 Å². The van der Waals surface area contributed by atoms with Gasteiger partial charge in [0.25, 0.3) is 0 Å². The molecule has 0 aliphatic heterocycles. The van der Waals surface area contributed by atoms with Crippen molar-refractivity contribution in [3.8, 4) is 0 Å². The molecule has 84 valence electrons. The van der Waals surface area contributed by atoms with Crippen LogP contribution in [-0.2, 0) is 0 Å². The van der Waals surface area contributed by atoms with Crippen molar-refractivity contribution in [3.05, 3.63) is 47.4 Å². The highest BCUT2D eigenvalue weighted by Crippen LogP contribution is 2.26. The van der Waals surface area contributed by atoms with Gasteiger partial charge in [0.05, 0.1) is 5.52 Å². The fraction of sp³-hybridized carbons (Fsp3) is 0.200. The number of rotatable bonds is 0. The molecule has 3 aromatic rings. The van der Waals surface area contributed by atoms with Gasteiger partial charge in [-0.15, -0.1) is 0 Å². The number of pyridine rings is 2. The minimum absolute atomic E-state index is 1.05. The molecule has 0 atom stereocenters. The lowest BCUT2D eigenvalue weighted by Crippen LogP contribution is -1.91. The topological polar surface area (TPSA) is 25.8 Å². The Morgan fingerprint density at radius 1 is 0.824 bits per heavy atom. The van der Waals surface area contributed by atoms with Crippen LogP contribution in [0.5, 0.6) is 0 Å². The zero-order valence-corrected chi connectivity index (χ0v) is 10.3. The summed E-state index contributed by atoms with van der Waals surface area (Å²) in [5.41, 5.74) is 4.24. The Hall–Kier alpha value is -1.96. The predicted molar refractivity (Wildman–Crippen MR) is 71.3 cm³/mol. The van der Waals surface area contributed by atoms with E-state index < -0.39 is 0 Å². The van der Waals surface area contributed by atoms with Crippen molar-refractivity contribution in [1.29, 1.82) is 0 Å². The molecule has 0 saturated carbocycles. The largest absolute Gasteiger partial charge is 0.258 e. The van der Waals surface area contributed by atoms with E-state index in [1.165, 1.54) is 16.2 Å². The molecule has 2 heterocycles. The van der Waals surface area contributed by atoms with Gasteiger partial charge in [-0.3, -0.25) is 9.97 Å². The van der Waals surface area contributed by atoms with Gasteiger partial charge in [-0.2, -0.15) is 0 Å². The van der Waals surface area contributed by atoms with Gasteiger partial charge in [-0.05, 0) is 44.4 Å². The maximum Gasteiger partial charge on any atom is 0.0712 e. The molecule has 0 unspecified atom stereocenters. The number of aromatic nitrogens is 2. The quantitative estimate of drug-likeness (QED) is 0.542. The molecule has 0 spiro atoms. The normalized spacial score (nSPS) is 11.2. The second-order valence-corrected chi connectivity index (χ2v) is 4.53. The van der Waals surface area contributed by atoms with Gasteiger partial charge < -0.3 is 0 Å². The molecule has 2 heteroatoms. The lowest BCUT2D eigenvalue weighted by Gasteiger charge is -2.07. The summed E-state index contributed by atoms with van der Waals surface area (Å²) < 4.78 is 0. The molecule has 0 fully saturated rings. The van der Waals surface area contributed by atoms with E-state index in [1.807, 2.05) is 13.8 Å². The molecule has 17 heavy (non-hydrogen) atoms. The molecule has 0 aliphatic carbocycles. The number of hydrogen-bond acceptors (Lipinski definition) is 2. The zero-order chi connectivity index (χ0) is 12.0. The van der Waals surface area contributed by atoms with Crippen LogP contribution in [0.15, 0.2) is 30.3 Å². The van der Waals surface area contributed by atoms with Gasteiger partial charge in [0.15, 0.2) is 0 Å². The first-order valence-electron chi connectivity index (χ1n) is 5.79. The van der Waals surface area contributed by atoms with Crippen molar-refractivity contribution < 1.29 is 0 Å². The van der Waals surface area contributed by atoms with E-state index in [1.54, 1.807) is 0 Å². The van der Waals surface area contributed by atoms with E-state index in [9.17, 15) is 0 Å². The summed E-state index contributed by atoms with van der Waals surface area (Å²) in [6.07, 6.45) is 0. The number of fused-ring (bicyclic) bond motifs is 3. The Morgan fingerprint density at radius 2 is 1.65 bits per heavy atom. The van der Waals surface area contributed by atoms with E-state index in [0.717, 1.165) is 22.6 Å². The molecule has 0 saturated heterocycles. The van der Waals surface area contributed by atoms with Crippen LogP contribution in [0.3, 0.4) is 0 Å². The monoisotopic (exact) mass is 222 g/mol. The van der Waals surface area contributed by atoms with Crippen LogP contribution in [0.25, 0.3) is 21.7 Å². The first-order valence-corrected chi connectivity index (χ1v) is 5.79. The molecular formula is C15H14N2. The number of hydrogen-bond donors (Lipinski definition) is 0. The average Bonchev–Trinajstić information content (AvgIpc) is 2.28. The van der Waals surface area contributed by atoms with Gasteiger partial charge in [0.1, 0.15) is 0 Å². The van der Waals surface area contributed by atoms with Crippen LogP contribution in [0.2, 0.25) is 0 Å². The number of aryl methyl sites for hydroxylation is 3. The first-order chi connectivity index (χ1) is 8.15. The van der Waals surface area contributed by atoms with E-state index >= 15 is 0 Å². The van der Waals surface area contributed by atoms with E-state index in [2.05, 4.69) is 47.2 Å². The molecule has 0 aliphatic rings. The SMILES string of the molecule is Cc1cc2ccc3nc(C)ccc3c2c(C)n1. The smallest absolute Gasteiger partial charge is 0.0712 e. The van der Waals surface area contributed by atoms with Gasteiger partial charge in [0, 0.05) is 27.9 Å². The summed E-state index contributed by atoms with van der Waals surface area (Å²) in [6.45, 7) is 6.11. The molecule has 0 amide bonds. The minimum Gasteiger partial charge on any atom is -0.258 e. The highest BCUT2D eigenvalue weighted by Gasteiger charge is 2.06. The maximum absolute atomic E-state index is 4.56. The maximum atomic E-state index is 4.56. The zero-order valence-electron chi connectivity index (χ0n) is 10.3. The Kier molecular flexibility index (Phi) is 2.11. The van der Waals surface area contributed by atoms with Crippen LogP contribution in [-0.4, -0.2) is 9.97 Å². The number of benzene rings is 1. The summed E-state index contributed by atoms with van der Waals surface area (Å²) in [5, 5.41) is 3.66. The lowest BCUT2D eigenvalue weighted by molar-refractivity contribution is 1.15. The second-order valence-electron chi connectivity index (χ2n) is 4.53. The van der Waals surface area contributed by atoms with Crippen molar-refractivity contribution >= 4 is 21.7 Å². The van der Waals surface area contributed by atoms with E-state index in [-0.39, 0.29) is 0 Å². The van der Waals surface area contributed by atoms with Crippen LogP contribution in [0.1, 0.15) is 17.1 Å². The third-order valence-corrected chi connectivity index (χ3v) is 3.11. The highest BCUT2D eigenvalue weighted by atomic mass is 14.7. The predicted octanol–water partition coefficient (Wildman–Crippen LogP) is 3.71. The third kappa shape index (κ3) is 1.57. The molecule has 3 rings (SSSR count). The summed E-state index contributed by atoms with van der Waals surface area (Å²) in [4.78, 5) is 9.11. The Labute approximate surface area is 100 Å². The van der Waals surface area contributed by atoms with Crippen LogP contribution < -0.4 is 0 Å². The van der Waals surface area contributed by atoms with Crippen LogP contribution in [0.4, 0.5) is 0 Å². The van der Waals surface area contributed by atoms with Gasteiger partial charge >= 0.3 is 0 Å². The molecular weight excluding hydrogens is 208 g/mol. The van der Waals surface area contributed by atoms with Crippen molar-refractivity contribution in [2.75, 3.05) is 0 Å². The molecule has 1 aromatic carbocycles. The summed E-state index contributed by atoms with van der Waals surface area (Å²) in [6, 6.07) is 10.5. The third-order valence-electron chi connectivity index (χ3n) is 3.11. The van der Waals surface area contributed by atoms with Crippen molar-refractivity contribution in [2.24, 2.45) is 0 Å². The average molecular weight is 222 g/mol. The minimum atomic E-state index is 1.05. The molecule has 2 aromatic heterocycles. The number of nitrogens with zero attached hydrogens (tertiary/aromatic N) is 2. The van der Waals surface area contributed by atoms with Gasteiger partial charge in [-0.25, -0.2) is 0 Å². The standard InChI is InChI=1S/C15H14N2/c1-9-4-6-13-14(17-9)7-5-12-8-10(2)16-11(3)15(12)13/h4-8H,1-3H3. The summed E-state index contributed by atoms with van der Waals surface area (Å²) >= 11 is 0. The van der Waals surface area contributed by atoms with Gasteiger partial charge in [0.2, 0.25) is 0 Å². The van der Waals surface area contributed by atoms with E-state index in [0.29, 0.717) is 0 Å². The first kappa shape index (κ1) is 10.2. The Bertz CT molecular complexity index is 730. The Morgan fingerprint density at radius 3 is 2.47 bits per heavy atom. The second kappa shape index (κ2) is 3.52. The van der Waals surface area contributed by atoms with Crippen LogP contribution in [0, 0.1) is 20.8 Å². The molecule has 0 bridgehead atoms. The molecule has 0 radical (unpaired) electrons. The molecule has 2 nitrogen and oxygen atoms in total. The van der Waals surface area contributed by atoms with Crippen LogP contribution >= 0.6 is 0 Å². The Balaban J connectivity index is 2.55. The fourth-order valence-corrected chi connectivity index (χ4v) is 2.42. The highest BCUT2D eigenvalue weighted by molar-refractivity contribution is 6.07. The summed E-state index contributed by atoms with van der Waals surface area (Å²) in [5.74, 6) is 0. The van der Waals surface area contributed by atoms with E-state index in [4.69, 9.17) is 0 Å². The van der Waals surface area contributed by atoms with Crippen molar-refractivity contribution in [1.82, 2.24) is 9.97 Å². The fourth-order valence-electron chi connectivity index (χ4n) is 2.42.